The summed E-state index contributed by atoms with van der Waals surface area (Å²) in [5.74, 6) is -0.935. The molecule has 0 atom stereocenters. The Bertz CT molecular complexity index is 646. The first-order valence-corrected chi connectivity index (χ1v) is 6.53. The van der Waals surface area contributed by atoms with Crippen LogP contribution in [0.1, 0.15) is 17.3 Å². The molecule has 0 aliphatic rings. The summed E-state index contributed by atoms with van der Waals surface area (Å²) in [6, 6.07) is 11.0. The van der Waals surface area contributed by atoms with Gasteiger partial charge in [0.05, 0.1) is 16.4 Å². The van der Waals surface area contributed by atoms with Crippen LogP contribution in [0, 0.1) is 5.82 Å². The van der Waals surface area contributed by atoms with Gasteiger partial charge in [-0.1, -0.05) is 23.7 Å². The van der Waals surface area contributed by atoms with Crippen LogP contribution in [0.2, 0.25) is 5.02 Å². The van der Waals surface area contributed by atoms with Crippen molar-refractivity contribution in [3.63, 3.8) is 0 Å². The summed E-state index contributed by atoms with van der Waals surface area (Å²) in [4.78, 5) is 14.0. The Balaban J connectivity index is 2.39. The zero-order chi connectivity index (χ0) is 14.7. The molecule has 0 heterocycles. The number of para-hydroxylation sites is 2. The number of carbonyl (C=O) groups is 1. The maximum atomic E-state index is 13.5. The van der Waals surface area contributed by atoms with Crippen LogP contribution in [0.4, 0.5) is 15.8 Å². The number of hydrogen-bond acceptors (Lipinski definition) is 2. The third-order valence-electron chi connectivity index (χ3n) is 2.96. The van der Waals surface area contributed by atoms with Gasteiger partial charge < -0.3 is 10.6 Å². The number of halogens is 2. The van der Waals surface area contributed by atoms with Gasteiger partial charge in [-0.15, -0.1) is 0 Å². The Morgan fingerprint density at radius 2 is 2.00 bits per heavy atom. The average Bonchev–Trinajstić information content (AvgIpc) is 2.44. The van der Waals surface area contributed by atoms with E-state index < -0.39 is 5.82 Å². The maximum Gasteiger partial charge on any atom is 0.258 e. The molecule has 0 aliphatic heterocycles. The van der Waals surface area contributed by atoms with Gasteiger partial charge in [-0.05, 0) is 37.3 Å². The molecule has 5 heteroatoms. The fourth-order valence-electron chi connectivity index (χ4n) is 1.94. The zero-order valence-corrected chi connectivity index (χ0v) is 11.7. The largest absolute Gasteiger partial charge is 0.397 e. The van der Waals surface area contributed by atoms with Crippen molar-refractivity contribution < 1.29 is 9.18 Å². The molecule has 0 spiro atoms. The van der Waals surface area contributed by atoms with Crippen LogP contribution >= 0.6 is 11.6 Å². The van der Waals surface area contributed by atoms with Gasteiger partial charge in [0.2, 0.25) is 0 Å². The standard InChI is InChI=1S/C15H14ClFN2O/c1-2-19(14-6-4-3-5-13(14)18)15(20)10-7-8-11(16)12(17)9-10/h3-9H,2,18H2,1H3. The molecule has 2 aromatic rings. The van der Waals surface area contributed by atoms with E-state index in [0.717, 1.165) is 6.07 Å². The van der Waals surface area contributed by atoms with E-state index in [4.69, 9.17) is 17.3 Å². The lowest BCUT2D eigenvalue weighted by Gasteiger charge is -2.22. The lowest BCUT2D eigenvalue weighted by molar-refractivity contribution is 0.0988. The molecule has 3 nitrogen and oxygen atoms in total. The summed E-state index contributed by atoms with van der Waals surface area (Å²) in [6.07, 6.45) is 0. The summed E-state index contributed by atoms with van der Waals surface area (Å²) in [7, 11) is 0. The lowest BCUT2D eigenvalue weighted by Crippen LogP contribution is -2.31. The Kier molecular flexibility index (Phi) is 4.25. The van der Waals surface area contributed by atoms with E-state index in [1.807, 2.05) is 6.92 Å². The molecule has 0 bridgehead atoms. The number of hydrogen-bond donors (Lipinski definition) is 1. The van der Waals surface area contributed by atoms with Crippen molar-refractivity contribution in [2.75, 3.05) is 17.2 Å². The second-order valence-electron chi connectivity index (χ2n) is 4.24. The molecule has 0 aromatic heterocycles. The van der Waals surface area contributed by atoms with Crippen LogP contribution < -0.4 is 10.6 Å². The number of amides is 1. The van der Waals surface area contributed by atoms with Crippen molar-refractivity contribution in [2.24, 2.45) is 0 Å². The van der Waals surface area contributed by atoms with Crippen LogP contribution in [0.15, 0.2) is 42.5 Å². The minimum absolute atomic E-state index is 0.0103. The molecule has 2 rings (SSSR count). The minimum Gasteiger partial charge on any atom is -0.397 e. The molecule has 104 valence electrons. The highest BCUT2D eigenvalue weighted by molar-refractivity contribution is 6.30. The van der Waals surface area contributed by atoms with Crippen molar-refractivity contribution in [3.8, 4) is 0 Å². The molecule has 1 amide bonds. The van der Waals surface area contributed by atoms with Gasteiger partial charge in [-0.2, -0.15) is 0 Å². The average molecular weight is 293 g/mol. The lowest BCUT2D eigenvalue weighted by atomic mass is 10.1. The first-order chi connectivity index (χ1) is 9.54. The van der Waals surface area contributed by atoms with Gasteiger partial charge in [0.15, 0.2) is 0 Å². The summed E-state index contributed by atoms with van der Waals surface area (Å²) < 4.78 is 13.5. The van der Waals surface area contributed by atoms with Crippen molar-refractivity contribution >= 4 is 28.9 Å². The number of anilines is 2. The van der Waals surface area contributed by atoms with Gasteiger partial charge in [0, 0.05) is 12.1 Å². The number of carbonyl (C=O) groups excluding carboxylic acids is 1. The van der Waals surface area contributed by atoms with Crippen LogP contribution in [0.25, 0.3) is 0 Å². The summed E-state index contributed by atoms with van der Waals surface area (Å²) in [6.45, 7) is 2.26. The number of rotatable bonds is 3. The molecule has 20 heavy (non-hydrogen) atoms. The highest BCUT2D eigenvalue weighted by Crippen LogP contribution is 2.25. The Labute approximate surface area is 121 Å². The van der Waals surface area contributed by atoms with Crippen LogP contribution in [0.5, 0.6) is 0 Å². The van der Waals surface area contributed by atoms with Crippen molar-refractivity contribution in [3.05, 3.63) is 58.9 Å². The van der Waals surface area contributed by atoms with Crippen LogP contribution in [-0.2, 0) is 0 Å². The van der Waals surface area contributed by atoms with Crippen molar-refractivity contribution in [1.82, 2.24) is 0 Å². The van der Waals surface area contributed by atoms with Crippen molar-refractivity contribution in [1.29, 1.82) is 0 Å². The summed E-state index contributed by atoms with van der Waals surface area (Å²) in [5.41, 5.74) is 7.22. The smallest absolute Gasteiger partial charge is 0.258 e. The number of nitrogen functional groups attached to an aromatic ring is 1. The van der Waals surface area contributed by atoms with Gasteiger partial charge in [0.25, 0.3) is 5.91 Å². The molecule has 0 aliphatic carbocycles. The second-order valence-corrected chi connectivity index (χ2v) is 4.64. The first-order valence-electron chi connectivity index (χ1n) is 6.16. The normalized spacial score (nSPS) is 10.3. The molecule has 2 N–H and O–H groups in total. The van der Waals surface area contributed by atoms with Crippen LogP contribution in [0.3, 0.4) is 0 Å². The predicted molar refractivity (Wildman–Crippen MR) is 79.6 cm³/mol. The quantitative estimate of drug-likeness (QED) is 0.876. The van der Waals surface area contributed by atoms with E-state index in [0.29, 0.717) is 17.9 Å². The van der Waals surface area contributed by atoms with E-state index in [-0.39, 0.29) is 16.5 Å². The van der Waals surface area contributed by atoms with Crippen molar-refractivity contribution in [2.45, 2.75) is 6.92 Å². The first kappa shape index (κ1) is 14.3. The summed E-state index contributed by atoms with van der Waals surface area (Å²) in [5, 5.41) is -0.0103. The van der Waals surface area contributed by atoms with E-state index in [1.54, 1.807) is 24.3 Å². The molecule has 0 saturated carbocycles. The highest BCUT2D eigenvalue weighted by atomic mass is 35.5. The minimum atomic E-state index is -0.616. The molecule has 0 saturated heterocycles. The Morgan fingerprint density at radius 1 is 1.30 bits per heavy atom. The second kappa shape index (κ2) is 5.92. The molecular formula is C15H14ClFN2O. The molecular weight excluding hydrogens is 279 g/mol. The predicted octanol–water partition coefficient (Wildman–Crippen LogP) is 3.73. The SMILES string of the molecule is CCN(C(=O)c1ccc(Cl)c(F)c1)c1ccccc1N. The summed E-state index contributed by atoms with van der Waals surface area (Å²) >= 11 is 5.62. The number of nitrogens with two attached hydrogens (primary N) is 1. The monoisotopic (exact) mass is 292 g/mol. The van der Waals surface area contributed by atoms with E-state index in [9.17, 15) is 9.18 Å². The number of nitrogens with zero attached hydrogens (tertiary/aromatic N) is 1. The van der Waals surface area contributed by atoms with Crippen LogP contribution in [-0.4, -0.2) is 12.5 Å². The van der Waals surface area contributed by atoms with E-state index in [2.05, 4.69) is 0 Å². The van der Waals surface area contributed by atoms with E-state index >= 15 is 0 Å². The fourth-order valence-corrected chi connectivity index (χ4v) is 2.06. The van der Waals surface area contributed by atoms with Gasteiger partial charge >= 0.3 is 0 Å². The fraction of sp³-hybridized carbons (Fsp3) is 0.133. The molecule has 2 aromatic carbocycles. The highest BCUT2D eigenvalue weighted by Gasteiger charge is 2.18. The van der Waals surface area contributed by atoms with Gasteiger partial charge in [-0.3, -0.25) is 4.79 Å². The third-order valence-corrected chi connectivity index (χ3v) is 3.26. The Hall–Kier alpha value is -2.07. The van der Waals surface area contributed by atoms with E-state index in [1.165, 1.54) is 17.0 Å². The number of benzene rings is 2. The Morgan fingerprint density at radius 3 is 2.60 bits per heavy atom. The zero-order valence-electron chi connectivity index (χ0n) is 10.9. The van der Waals surface area contributed by atoms with Gasteiger partial charge in [-0.25, -0.2) is 4.39 Å². The molecule has 0 unspecified atom stereocenters. The van der Waals surface area contributed by atoms with Gasteiger partial charge in [0.1, 0.15) is 5.82 Å². The molecule has 0 fully saturated rings. The maximum absolute atomic E-state index is 13.5. The third kappa shape index (κ3) is 2.75. The molecule has 0 radical (unpaired) electrons. The topological polar surface area (TPSA) is 46.3 Å².